The number of aromatic nitrogens is 1. The monoisotopic (exact) mass is 339 g/mol. The molecule has 0 bridgehead atoms. The van der Waals surface area contributed by atoms with Gasteiger partial charge in [-0.2, -0.15) is 0 Å². The van der Waals surface area contributed by atoms with Crippen LogP contribution >= 0.6 is 0 Å². The van der Waals surface area contributed by atoms with E-state index < -0.39 is 10.0 Å². The van der Waals surface area contributed by atoms with Gasteiger partial charge < -0.3 is 4.90 Å². The summed E-state index contributed by atoms with van der Waals surface area (Å²) in [4.78, 5) is 5.75. The van der Waals surface area contributed by atoms with Crippen molar-refractivity contribution in [3.05, 3.63) is 78.6 Å². The van der Waals surface area contributed by atoms with Crippen LogP contribution in [0.3, 0.4) is 0 Å². The van der Waals surface area contributed by atoms with Crippen LogP contribution in [-0.2, 0) is 10.0 Å². The maximum absolute atomic E-state index is 12.0. The lowest BCUT2D eigenvalue weighted by atomic mass is 10.1. The molecule has 3 aromatic rings. The Balaban J connectivity index is 2.28. The second-order valence-corrected chi connectivity index (χ2v) is 6.93. The zero-order valence-electron chi connectivity index (χ0n) is 13.1. The second-order valence-electron chi connectivity index (χ2n) is 5.40. The molecular weight excluding hydrogens is 322 g/mol. The zero-order chi connectivity index (χ0) is 17.2. The van der Waals surface area contributed by atoms with Crippen LogP contribution in [0.5, 0.6) is 0 Å². The van der Waals surface area contributed by atoms with E-state index in [1.807, 2.05) is 66.4 Å². The van der Waals surface area contributed by atoms with E-state index >= 15 is 0 Å². The van der Waals surface area contributed by atoms with Crippen molar-refractivity contribution >= 4 is 27.1 Å². The highest BCUT2D eigenvalue weighted by molar-refractivity contribution is 7.89. The lowest BCUT2D eigenvalue weighted by Crippen LogP contribution is -2.19. The van der Waals surface area contributed by atoms with Gasteiger partial charge in [-0.1, -0.05) is 30.3 Å². The summed E-state index contributed by atoms with van der Waals surface area (Å²) in [5.41, 5.74) is 3.21. The summed E-state index contributed by atoms with van der Waals surface area (Å²) in [5.74, 6) is 0. The van der Waals surface area contributed by atoms with Crippen LogP contribution in [0.1, 0.15) is 5.56 Å². The molecule has 1 heterocycles. The minimum Gasteiger partial charge on any atom is -0.309 e. The van der Waals surface area contributed by atoms with Gasteiger partial charge in [0.25, 0.3) is 0 Å². The SMILES string of the molecule is Cc1cccc(N(c2ccccc2)c2ccncc2S(N)(=O)=O)c1. The van der Waals surface area contributed by atoms with Crippen molar-refractivity contribution in [2.24, 2.45) is 5.14 Å². The fourth-order valence-corrected chi connectivity index (χ4v) is 3.21. The molecule has 3 rings (SSSR count). The van der Waals surface area contributed by atoms with Gasteiger partial charge in [0.15, 0.2) is 0 Å². The maximum atomic E-state index is 12.0. The Morgan fingerprint density at radius 1 is 0.958 bits per heavy atom. The molecule has 0 saturated heterocycles. The molecule has 0 aliphatic rings. The van der Waals surface area contributed by atoms with E-state index in [-0.39, 0.29) is 4.90 Å². The number of rotatable bonds is 4. The normalized spacial score (nSPS) is 11.2. The molecule has 0 aliphatic carbocycles. The Morgan fingerprint density at radius 2 is 1.67 bits per heavy atom. The van der Waals surface area contributed by atoms with Crippen LogP contribution < -0.4 is 10.0 Å². The lowest BCUT2D eigenvalue weighted by molar-refractivity contribution is 0.597. The van der Waals surface area contributed by atoms with Crippen molar-refractivity contribution in [2.45, 2.75) is 11.8 Å². The van der Waals surface area contributed by atoms with E-state index in [1.165, 1.54) is 6.20 Å². The third-order valence-corrected chi connectivity index (χ3v) is 4.51. The Morgan fingerprint density at radius 3 is 2.33 bits per heavy atom. The van der Waals surface area contributed by atoms with Crippen LogP contribution in [0.2, 0.25) is 0 Å². The first-order valence-corrected chi connectivity index (χ1v) is 8.90. The molecule has 0 saturated carbocycles. The maximum Gasteiger partial charge on any atom is 0.241 e. The lowest BCUT2D eigenvalue weighted by Gasteiger charge is -2.27. The number of pyridine rings is 1. The predicted octanol–water partition coefficient (Wildman–Crippen LogP) is 3.51. The number of anilines is 3. The third-order valence-electron chi connectivity index (χ3n) is 3.58. The zero-order valence-corrected chi connectivity index (χ0v) is 13.9. The van der Waals surface area contributed by atoms with Gasteiger partial charge in [-0.3, -0.25) is 4.98 Å². The highest BCUT2D eigenvalue weighted by atomic mass is 32.2. The van der Waals surface area contributed by atoms with Crippen molar-refractivity contribution < 1.29 is 8.42 Å². The van der Waals surface area contributed by atoms with Crippen molar-refractivity contribution in [2.75, 3.05) is 4.90 Å². The fraction of sp³-hybridized carbons (Fsp3) is 0.0556. The Kier molecular flexibility index (Phi) is 4.33. The molecule has 0 spiro atoms. The van der Waals surface area contributed by atoms with E-state index in [0.29, 0.717) is 5.69 Å². The first-order chi connectivity index (χ1) is 11.5. The minimum atomic E-state index is -3.91. The van der Waals surface area contributed by atoms with Crippen LogP contribution in [0.4, 0.5) is 17.1 Å². The molecule has 122 valence electrons. The first kappa shape index (κ1) is 16.2. The highest BCUT2D eigenvalue weighted by Gasteiger charge is 2.21. The van der Waals surface area contributed by atoms with E-state index in [2.05, 4.69) is 4.98 Å². The first-order valence-electron chi connectivity index (χ1n) is 7.35. The smallest absolute Gasteiger partial charge is 0.241 e. The topological polar surface area (TPSA) is 76.3 Å². The molecule has 2 aromatic carbocycles. The number of nitrogens with zero attached hydrogens (tertiary/aromatic N) is 2. The van der Waals surface area contributed by atoms with Crippen LogP contribution in [0, 0.1) is 6.92 Å². The van der Waals surface area contributed by atoms with Crippen LogP contribution in [0.25, 0.3) is 0 Å². The molecule has 6 heteroatoms. The van der Waals surface area contributed by atoms with Gasteiger partial charge in [-0.25, -0.2) is 13.6 Å². The second kappa shape index (κ2) is 6.43. The van der Waals surface area contributed by atoms with E-state index in [1.54, 1.807) is 12.3 Å². The Labute approximate surface area is 141 Å². The van der Waals surface area contributed by atoms with Gasteiger partial charge >= 0.3 is 0 Å². The molecule has 0 radical (unpaired) electrons. The average Bonchev–Trinajstić information content (AvgIpc) is 2.56. The number of sulfonamides is 1. The molecule has 0 fully saturated rings. The fourth-order valence-electron chi connectivity index (χ4n) is 2.55. The molecule has 1 aromatic heterocycles. The van der Waals surface area contributed by atoms with Gasteiger partial charge in [0.1, 0.15) is 4.90 Å². The van der Waals surface area contributed by atoms with E-state index in [0.717, 1.165) is 16.9 Å². The largest absolute Gasteiger partial charge is 0.309 e. The average molecular weight is 339 g/mol. The molecule has 0 aliphatic heterocycles. The number of hydrogen-bond acceptors (Lipinski definition) is 4. The molecule has 2 N–H and O–H groups in total. The predicted molar refractivity (Wildman–Crippen MR) is 95.0 cm³/mol. The van der Waals surface area contributed by atoms with Crippen molar-refractivity contribution in [1.82, 2.24) is 4.98 Å². The van der Waals surface area contributed by atoms with Gasteiger partial charge in [0.05, 0.1) is 5.69 Å². The number of hydrogen-bond donors (Lipinski definition) is 1. The van der Waals surface area contributed by atoms with Crippen molar-refractivity contribution in [3.8, 4) is 0 Å². The standard InChI is InChI=1S/C18H17N3O2S/c1-14-6-5-9-16(12-14)21(15-7-3-2-4-8-15)17-10-11-20-13-18(17)24(19,22)23/h2-13H,1H3,(H2,19,22,23). The van der Waals surface area contributed by atoms with Gasteiger partial charge in [0.2, 0.25) is 10.0 Å². The molecule has 24 heavy (non-hydrogen) atoms. The van der Waals surface area contributed by atoms with Crippen molar-refractivity contribution in [1.29, 1.82) is 0 Å². The van der Waals surface area contributed by atoms with E-state index in [9.17, 15) is 8.42 Å². The van der Waals surface area contributed by atoms with Gasteiger partial charge in [-0.05, 0) is 42.8 Å². The number of para-hydroxylation sites is 1. The number of nitrogens with two attached hydrogens (primary N) is 1. The Hall–Kier alpha value is -2.70. The molecule has 0 unspecified atom stereocenters. The number of aryl methyl sites for hydroxylation is 1. The van der Waals surface area contributed by atoms with Gasteiger partial charge in [0, 0.05) is 23.8 Å². The number of benzene rings is 2. The van der Waals surface area contributed by atoms with Crippen LogP contribution in [-0.4, -0.2) is 13.4 Å². The summed E-state index contributed by atoms with van der Waals surface area (Å²) in [6.07, 6.45) is 2.83. The summed E-state index contributed by atoms with van der Waals surface area (Å²) in [6.45, 7) is 1.99. The molecule has 0 atom stereocenters. The quantitative estimate of drug-likeness (QED) is 0.789. The Bertz CT molecular complexity index is 957. The summed E-state index contributed by atoms with van der Waals surface area (Å²) >= 11 is 0. The molecule has 5 nitrogen and oxygen atoms in total. The van der Waals surface area contributed by atoms with Gasteiger partial charge in [-0.15, -0.1) is 0 Å². The number of primary sulfonamides is 1. The summed E-state index contributed by atoms with van der Waals surface area (Å²) in [6, 6.07) is 19.0. The van der Waals surface area contributed by atoms with Crippen LogP contribution in [0.15, 0.2) is 78.0 Å². The van der Waals surface area contributed by atoms with Crippen molar-refractivity contribution in [3.63, 3.8) is 0 Å². The summed E-state index contributed by atoms with van der Waals surface area (Å²) in [7, 11) is -3.91. The minimum absolute atomic E-state index is 0.0182. The molecular formula is C18H17N3O2S. The highest BCUT2D eigenvalue weighted by Crippen LogP contribution is 2.37. The summed E-state index contributed by atoms with van der Waals surface area (Å²) in [5, 5.41) is 5.39. The van der Waals surface area contributed by atoms with E-state index in [4.69, 9.17) is 5.14 Å². The third kappa shape index (κ3) is 3.29. The molecule has 0 amide bonds. The summed E-state index contributed by atoms with van der Waals surface area (Å²) < 4.78 is 24.0.